The molecule has 2 heteroatoms. The van der Waals surface area contributed by atoms with Crippen LogP contribution < -0.4 is 5.32 Å². The van der Waals surface area contributed by atoms with Crippen LogP contribution in [0.1, 0.15) is 49.3 Å². The Kier molecular flexibility index (Phi) is 3.90. The zero-order chi connectivity index (χ0) is 13.2. The van der Waals surface area contributed by atoms with Crippen molar-refractivity contribution in [3.63, 3.8) is 0 Å². The molecule has 1 aromatic rings. The highest BCUT2D eigenvalue weighted by Crippen LogP contribution is 2.34. The molecule has 0 saturated heterocycles. The van der Waals surface area contributed by atoms with Crippen molar-refractivity contribution >= 4 is 0 Å². The monoisotopic (exact) mass is 258 g/mol. The van der Waals surface area contributed by atoms with E-state index in [0.717, 1.165) is 18.5 Å². The molecule has 1 N–H and O–H groups in total. The third-order valence-corrected chi connectivity index (χ3v) is 4.93. The second kappa shape index (κ2) is 5.64. The highest BCUT2D eigenvalue weighted by atomic mass is 15.2. The summed E-state index contributed by atoms with van der Waals surface area (Å²) in [6.07, 6.45) is 5.68. The Labute approximate surface area is 117 Å². The Bertz CT molecular complexity index is 441. The van der Waals surface area contributed by atoms with Crippen molar-refractivity contribution in [3.8, 4) is 0 Å². The Morgan fingerprint density at radius 1 is 1.16 bits per heavy atom. The Hall–Kier alpha value is -0.860. The van der Waals surface area contributed by atoms with E-state index in [4.69, 9.17) is 0 Å². The summed E-state index contributed by atoms with van der Waals surface area (Å²) in [6, 6.07) is 7.84. The van der Waals surface area contributed by atoms with Gasteiger partial charge in [0.05, 0.1) is 0 Å². The predicted molar refractivity (Wildman–Crippen MR) is 79.9 cm³/mol. The van der Waals surface area contributed by atoms with Crippen molar-refractivity contribution in [3.05, 3.63) is 34.9 Å². The summed E-state index contributed by atoms with van der Waals surface area (Å²) in [4.78, 5) is 2.72. The van der Waals surface area contributed by atoms with Crippen LogP contribution in [-0.2, 0) is 19.6 Å². The molecule has 1 aromatic carbocycles. The summed E-state index contributed by atoms with van der Waals surface area (Å²) in [5.74, 6) is 0.875. The van der Waals surface area contributed by atoms with E-state index in [1.54, 1.807) is 11.1 Å². The number of fused-ring (bicyclic) bond motifs is 1. The molecule has 0 amide bonds. The number of nitrogens with one attached hydrogen (secondary N) is 1. The van der Waals surface area contributed by atoms with E-state index in [0.29, 0.717) is 0 Å². The number of nitrogens with zero attached hydrogens (tertiary/aromatic N) is 1. The average Bonchev–Trinajstić information content (AvgIpc) is 2.82. The molecule has 3 rings (SSSR count). The molecule has 1 fully saturated rings. The van der Waals surface area contributed by atoms with Gasteiger partial charge in [-0.15, -0.1) is 0 Å². The van der Waals surface area contributed by atoms with E-state index in [1.165, 1.54) is 44.3 Å². The molecular weight excluding hydrogens is 232 g/mol. The van der Waals surface area contributed by atoms with Crippen LogP contribution in [0.5, 0.6) is 0 Å². The summed E-state index contributed by atoms with van der Waals surface area (Å²) < 4.78 is 0. The van der Waals surface area contributed by atoms with Gasteiger partial charge in [-0.2, -0.15) is 0 Å². The zero-order valence-electron chi connectivity index (χ0n) is 12.3. The molecule has 1 aliphatic heterocycles. The minimum absolute atomic E-state index is 0.814. The summed E-state index contributed by atoms with van der Waals surface area (Å²) >= 11 is 0. The van der Waals surface area contributed by atoms with Crippen LogP contribution in [0, 0.1) is 5.92 Å². The van der Waals surface area contributed by atoms with Crippen molar-refractivity contribution in [2.45, 2.75) is 58.3 Å². The normalized spacial score (nSPS) is 27.5. The summed E-state index contributed by atoms with van der Waals surface area (Å²) in [5.41, 5.74) is 4.53. The van der Waals surface area contributed by atoms with Gasteiger partial charge in [-0.05, 0) is 42.5 Å². The molecule has 2 atom stereocenters. The molecule has 104 valence electrons. The molecule has 1 heterocycles. The fourth-order valence-electron chi connectivity index (χ4n) is 3.86. The van der Waals surface area contributed by atoms with Crippen molar-refractivity contribution < 1.29 is 0 Å². The second-order valence-corrected chi connectivity index (χ2v) is 6.37. The van der Waals surface area contributed by atoms with Crippen LogP contribution in [0.2, 0.25) is 0 Å². The SMILES string of the molecule is CNCc1ccc2c(c1)CN(C1CCCCC1C)C2. The maximum Gasteiger partial charge on any atom is 0.0243 e. The van der Waals surface area contributed by atoms with Crippen LogP contribution in [0.4, 0.5) is 0 Å². The van der Waals surface area contributed by atoms with E-state index in [1.807, 2.05) is 7.05 Å². The van der Waals surface area contributed by atoms with Crippen LogP contribution in [0.25, 0.3) is 0 Å². The Morgan fingerprint density at radius 2 is 1.95 bits per heavy atom. The summed E-state index contributed by atoms with van der Waals surface area (Å²) in [6.45, 7) is 5.76. The number of hydrogen-bond acceptors (Lipinski definition) is 2. The van der Waals surface area contributed by atoms with Crippen molar-refractivity contribution in [1.82, 2.24) is 10.2 Å². The third-order valence-electron chi connectivity index (χ3n) is 4.93. The molecule has 1 aliphatic carbocycles. The van der Waals surface area contributed by atoms with Crippen LogP contribution in [0.3, 0.4) is 0 Å². The number of benzene rings is 1. The maximum absolute atomic E-state index is 3.24. The molecule has 2 unspecified atom stereocenters. The lowest BCUT2D eigenvalue weighted by Gasteiger charge is -2.36. The van der Waals surface area contributed by atoms with Gasteiger partial charge in [0.2, 0.25) is 0 Å². The highest BCUT2D eigenvalue weighted by Gasteiger charge is 2.30. The van der Waals surface area contributed by atoms with Gasteiger partial charge in [0.15, 0.2) is 0 Å². The molecule has 0 bridgehead atoms. The van der Waals surface area contributed by atoms with Crippen molar-refractivity contribution in [1.29, 1.82) is 0 Å². The molecule has 19 heavy (non-hydrogen) atoms. The largest absolute Gasteiger partial charge is 0.316 e. The van der Waals surface area contributed by atoms with E-state index >= 15 is 0 Å². The van der Waals surface area contributed by atoms with Gasteiger partial charge in [0, 0.05) is 25.7 Å². The average molecular weight is 258 g/mol. The van der Waals surface area contributed by atoms with Gasteiger partial charge < -0.3 is 5.32 Å². The maximum atomic E-state index is 3.24. The lowest BCUT2D eigenvalue weighted by molar-refractivity contribution is 0.110. The molecule has 2 aliphatic rings. The first kappa shape index (κ1) is 13.1. The predicted octanol–water partition coefficient (Wildman–Crippen LogP) is 3.30. The van der Waals surface area contributed by atoms with Gasteiger partial charge in [-0.25, -0.2) is 0 Å². The van der Waals surface area contributed by atoms with Gasteiger partial charge in [-0.3, -0.25) is 4.90 Å². The Morgan fingerprint density at radius 3 is 2.74 bits per heavy atom. The van der Waals surface area contributed by atoms with Gasteiger partial charge in [-0.1, -0.05) is 38.0 Å². The first-order valence-corrected chi connectivity index (χ1v) is 7.77. The van der Waals surface area contributed by atoms with Gasteiger partial charge >= 0.3 is 0 Å². The van der Waals surface area contributed by atoms with E-state index in [2.05, 4.69) is 35.3 Å². The fourth-order valence-corrected chi connectivity index (χ4v) is 3.86. The van der Waals surface area contributed by atoms with Crippen LogP contribution in [-0.4, -0.2) is 18.0 Å². The molecule has 0 radical (unpaired) electrons. The Balaban J connectivity index is 1.72. The van der Waals surface area contributed by atoms with Crippen molar-refractivity contribution in [2.75, 3.05) is 7.05 Å². The molecule has 1 saturated carbocycles. The second-order valence-electron chi connectivity index (χ2n) is 6.37. The summed E-state index contributed by atoms with van der Waals surface area (Å²) in [7, 11) is 2.02. The lowest BCUT2D eigenvalue weighted by Crippen LogP contribution is -2.38. The lowest BCUT2D eigenvalue weighted by atomic mass is 9.85. The molecule has 0 spiro atoms. The quantitative estimate of drug-likeness (QED) is 0.895. The van der Waals surface area contributed by atoms with E-state index in [-0.39, 0.29) is 0 Å². The smallest absolute Gasteiger partial charge is 0.0243 e. The van der Waals surface area contributed by atoms with Crippen LogP contribution in [0.15, 0.2) is 18.2 Å². The molecule has 2 nitrogen and oxygen atoms in total. The fraction of sp³-hybridized carbons (Fsp3) is 0.647. The van der Waals surface area contributed by atoms with Gasteiger partial charge in [0.1, 0.15) is 0 Å². The van der Waals surface area contributed by atoms with E-state index < -0.39 is 0 Å². The minimum atomic E-state index is 0.814. The standard InChI is InChI=1S/C17H26N2/c1-13-5-3-4-6-17(13)19-11-15-8-7-14(10-18-2)9-16(15)12-19/h7-9,13,17-18H,3-6,10-12H2,1-2H3. The molecular formula is C17H26N2. The van der Waals surface area contributed by atoms with Crippen LogP contribution >= 0.6 is 0 Å². The van der Waals surface area contributed by atoms with E-state index in [9.17, 15) is 0 Å². The first-order chi connectivity index (χ1) is 9.28. The highest BCUT2D eigenvalue weighted by molar-refractivity contribution is 5.35. The number of rotatable bonds is 3. The zero-order valence-corrected chi connectivity index (χ0v) is 12.3. The van der Waals surface area contributed by atoms with Crippen molar-refractivity contribution in [2.24, 2.45) is 5.92 Å². The minimum Gasteiger partial charge on any atom is -0.316 e. The summed E-state index contributed by atoms with van der Waals surface area (Å²) in [5, 5.41) is 3.24. The molecule has 0 aromatic heterocycles. The first-order valence-electron chi connectivity index (χ1n) is 7.77. The van der Waals surface area contributed by atoms with Gasteiger partial charge in [0.25, 0.3) is 0 Å². The number of hydrogen-bond donors (Lipinski definition) is 1. The third kappa shape index (κ3) is 2.70. The topological polar surface area (TPSA) is 15.3 Å².